The molecule has 10 aromatic rings. The van der Waals surface area contributed by atoms with Gasteiger partial charge in [-0.05, 0) is 85.0 Å². The number of fused-ring (bicyclic) bond motifs is 10. The summed E-state index contributed by atoms with van der Waals surface area (Å²) in [5.41, 5.74) is -5.16. The second-order valence-electron chi connectivity index (χ2n) is 10.3. The van der Waals surface area contributed by atoms with Gasteiger partial charge in [0.25, 0.3) is 0 Å². The van der Waals surface area contributed by atoms with Gasteiger partial charge in [0, 0.05) is 49.4 Å². The summed E-state index contributed by atoms with van der Waals surface area (Å²) < 4.78 is 228. The van der Waals surface area contributed by atoms with E-state index in [2.05, 4.69) is 0 Å². The van der Waals surface area contributed by atoms with Crippen LogP contribution in [0.2, 0.25) is 0 Å². The van der Waals surface area contributed by atoms with Crippen LogP contribution in [-0.4, -0.2) is 13.7 Å². The first kappa shape index (κ1) is 11.1. The summed E-state index contributed by atoms with van der Waals surface area (Å²) in [6.07, 6.45) is 0. The van der Waals surface area contributed by atoms with E-state index in [0.717, 1.165) is 19.8 Å². The quantitative estimate of drug-likeness (QED) is 0.189. The first-order chi connectivity index (χ1) is 33.2. The molecule has 0 aliphatic rings. The average molecular weight is 613 g/mol. The van der Waals surface area contributed by atoms with Gasteiger partial charge in [-0.1, -0.05) is 84.6 Å². The van der Waals surface area contributed by atoms with Gasteiger partial charge in [-0.2, -0.15) is 0 Å². The summed E-state index contributed by atoms with van der Waals surface area (Å²) in [6, 6.07) is -18.6. The molecule has 0 atom stereocenters. The highest BCUT2D eigenvalue weighted by molar-refractivity contribution is 6.29. The van der Waals surface area contributed by atoms with Crippen molar-refractivity contribution in [1.29, 1.82) is 0 Å². The van der Waals surface area contributed by atoms with Crippen molar-refractivity contribution in [2.45, 2.75) is 6.92 Å². The smallest absolute Gasteiger partial charge is 0.0652 e. The second kappa shape index (κ2) is 9.47. The van der Waals surface area contributed by atoms with Gasteiger partial charge in [0.2, 0.25) is 0 Å². The maximum atomic E-state index is 9.98. The van der Waals surface area contributed by atoms with Crippen LogP contribution in [0.5, 0.6) is 0 Å². The van der Waals surface area contributed by atoms with E-state index in [1.54, 1.807) is 0 Å². The van der Waals surface area contributed by atoms with Gasteiger partial charge < -0.3 is 13.7 Å². The number of hydrogen-bond acceptors (Lipinski definition) is 0. The number of aromatic nitrogens is 3. The monoisotopic (exact) mass is 612 g/mol. The van der Waals surface area contributed by atoms with E-state index >= 15 is 0 Å². The van der Waals surface area contributed by atoms with E-state index in [9.17, 15) is 12.3 Å². The van der Waals surface area contributed by atoms with Crippen molar-refractivity contribution in [3.05, 3.63) is 163 Å². The fourth-order valence-electron chi connectivity index (χ4n) is 6.06. The number of benzene rings is 7. The molecule has 46 heavy (non-hydrogen) atoms. The first-order valence-corrected chi connectivity index (χ1v) is 13.8. The molecule has 0 bridgehead atoms. The molecule has 216 valence electrons. The molecule has 3 heterocycles. The molecular weight excluding hydrogens is 558 g/mol. The zero-order valence-corrected chi connectivity index (χ0v) is 23.4. The summed E-state index contributed by atoms with van der Waals surface area (Å²) in [7, 11) is 0. The summed E-state index contributed by atoms with van der Waals surface area (Å²) >= 11 is 0. The number of para-hydroxylation sites is 4. The predicted molar refractivity (Wildman–Crippen MR) is 194 cm³/mol. The van der Waals surface area contributed by atoms with Gasteiger partial charge >= 0.3 is 0 Å². The number of hydrogen-bond donors (Lipinski definition) is 0. The molecule has 0 aliphatic carbocycles. The van der Waals surface area contributed by atoms with Crippen molar-refractivity contribution in [1.82, 2.24) is 13.7 Å². The molecule has 0 saturated heterocycles. The number of rotatable bonds is 3. The summed E-state index contributed by atoms with van der Waals surface area (Å²) in [4.78, 5) is 0. The first-order valence-electron chi connectivity index (χ1n) is 26.3. The third-order valence-corrected chi connectivity index (χ3v) is 7.84. The second-order valence-corrected chi connectivity index (χ2v) is 10.3. The molecular formula is C43H29N3. The Labute approximate surface area is 300 Å². The Hall–Kier alpha value is -6.06. The third-order valence-electron chi connectivity index (χ3n) is 7.84. The Balaban J connectivity index is 1.54. The van der Waals surface area contributed by atoms with Crippen LogP contribution >= 0.6 is 0 Å². The van der Waals surface area contributed by atoms with E-state index in [0.29, 0.717) is 0 Å². The maximum Gasteiger partial charge on any atom is 0.0652 e. The molecule has 7 aromatic carbocycles. The van der Waals surface area contributed by atoms with Gasteiger partial charge in [-0.3, -0.25) is 0 Å². The van der Waals surface area contributed by atoms with Gasteiger partial charge in [0.05, 0.1) is 67.4 Å². The molecule has 10 rings (SSSR count). The minimum Gasteiger partial charge on any atom is -0.309 e. The van der Waals surface area contributed by atoms with Crippen molar-refractivity contribution in [3.8, 4) is 17.1 Å². The van der Waals surface area contributed by atoms with E-state index in [4.69, 9.17) is 21.9 Å². The summed E-state index contributed by atoms with van der Waals surface area (Å²) in [5.74, 6) is 0. The highest BCUT2D eigenvalue weighted by Crippen LogP contribution is 2.43. The Kier molecular flexibility index (Phi) is 2.28. The molecule has 0 saturated carbocycles. The number of nitrogens with zero attached hydrogens (tertiary/aromatic N) is 3. The van der Waals surface area contributed by atoms with Crippen molar-refractivity contribution in [2.75, 3.05) is 0 Å². The van der Waals surface area contributed by atoms with Crippen LogP contribution in [0.25, 0.3) is 82.5 Å². The van der Waals surface area contributed by atoms with Gasteiger partial charge in [-0.15, -0.1) is 0 Å². The van der Waals surface area contributed by atoms with E-state index < -0.39 is 223 Å². The lowest BCUT2D eigenvalue weighted by Crippen LogP contribution is -1.96. The molecule has 0 N–H and O–H groups in total. The van der Waals surface area contributed by atoms with E-state index in [1.807, 2.05) is 0 Å². The molecule has 0 aliphatic heterocycles. The van der Waals surface area contributed by atoms with Crippen molar-refractivity contribution < 1.29 is 34.3 Å². The van der Waals surface area contributed by atoms with E-state index in [1.165, 1.54) is 6.92 Å². The van der Waals surface area contributed by atoms with E-state index in [-0.39, 0.29) is 16.3 Å². The Morgan fingerprint density at radius 3 is 1.61 bits per heavy atom. The zero-order chi connectivity index (χ0) is 52.1. The normalized spacial score (nSPS) is 19.6. The summed E-state index contributed by atoms with van der Waals surface area (Å²) in [6.45, 7) is 1.31. The lowest BCUT2D eigenvalue weighted by atomic mass is 10.1. The average Bonchev–Trinajstić information content (AvgIpc) is 4.00. The molecule has 3 heteroatoms. The predicted octanol–water partition coefficient (Wildman–Crippen LogP) is 11.3. The molecule has 0 unspecified atom stereocenters. The summed E-state index contributed by atoms with van der Waals surface area (Å²) in [5, 5.41) is -2.54. The zero-order valence-electron chi connectivity index (χ0n) is 48.4. The highest BCUT2D eigenvalue weighted by Gasteiger charge is 2.21. The SMILES string of the molecule is [2H]c1cc([2H])c2c3c([2H])c(-n4c5c([2H])c([2H])c([2H])c([2H])c5c5c6c7c([2H])c([2H])c([2H])c([2H])c7n(-c7c([2H])c([2H])c([2H])c(C)c7[2H])c6c([2H])c([2H])c54)c([2H])c([2H])c3n(-c3c([2H])c([2H])c([2H])c([2H])c3[2H])c2c1[2H]. The van der Waals surface area contributed by atoms with Crippen molar-refractivity contribution in [2.24, 2.45) is 0 Å². The minimum absolute atomic E-state index is 0.131. The molecule has 0 radical (unpaired) electrons. The van der Waals surface area contributed by atoms with Crippen molar-refractivity contribution in [3.63, 3.8) is 0 Å². The highest BCUT2D eigenvalue weighted by atomic mass is 15.0. The van der Waals surface area contributed by atoms with Gasteiger partial charge in [-0.25, -0.2) is 0 Å². The molecule has 0 fully saturated rings. The Morgan fingerprint density at radius 2 is 0.891 bits per heavy atom. The van der Waals surface area contributed by atoms with Crippen LogP contribution in [0.1, 0.15) is 39.8 Å². The van der Waals surface area contributed by atoms with Gasteiger partial charge in [0.1, 0.15) is 0 Å². The van der Waals surface area contributed by atoms with Crippen LogP contribution in [0.3, 0.4) is 0 Å². The van der Waals surface area contributed by atoms with Gasteiger partial charge in [0.15, 0.2) is 0 Å². The third kappa shape index (κ3) is 3.43. The van der Waals surface area contributed by atoms with Crippen molar-refractivity contribution >= 4 is 65.4 Å². The molecule has 0 spiro atoms. The van der Waals surface area contributed by atoms with Crippen LogP contribution < -0.4 is 0 Å². The largest absolute Gasteiger partial charge is 0.309 e. The molecule has 3 aromatic heterocycles. The van der Waals surface area contributed by atoms with Crippen LogP contribution in [0, 0.1) is 6.92 Å². The molecule has 3 nitrogen and oxygen atoms in total. The van der Waals surface area contributed by atoms with Crippen LogP contribution in [0.4, 0.5) is 0 Å². The molecule has 0 amide bonds. The maximum absolute atomic E-state index is 9.98. The lowest BCUT2D eigenvalue weighted by Gasteiger charge is -2.11. The Morgan fingerprint density at radius 1 is 0.370 bits per heavy atom. The fraction of sp³-hybridized carbons (Fsp3) is 0.0233. The Bertz CT molecular complexity index is 4180. The van der Waals surface area contributed by atoms with Crippen LogP contribution in [0.15, 0.2) is 157 Å². The minimum atomic E-state index is -0.962. The standard InChI is InChI=1S/C43H29N3/c1-28-12-11-15-30(26-28)45-37-20-9-6-17-33(37)42-40(45)24-25-41-43(42)34-18-7-10-21-38(34)46(41)31-22-23-39-35(27-31)32-16-5-8-19-36(32)44(39)29-13-3-2-4-14-29/h2-27H,1H3/i2D,3D,4D,6D,7D,8D,9D,10D,11D,12D,13D,14D,15D,16D,17D,18D,19D,20D,21D,22D,23D,24D,25D,26D,27D. The fourth-order valence-corrected chi connectivity index (χ4v) is 6.06. The topological polar surface area (TPSA) is 14.8 Å². The van der Waals surface area contributed by atoms with Crippen LogP contribution in [-0.2, 0) is 0 Å². The lowest BCUT2D eigenvalue weighted by molar-refractivity contribution is 1.16.